The molecule has 1 atom stereocenters. The molecule has 76 valence electrons. The van der Waals surface area contributed by atoms with Crippen molar-refractivity contribution < 1.29 is 9.13 Å². The Hall–Kier alpha value is -1.43. The number of hydrogen-bond donors (Lipinski definition) is 1. The van der Waals surface area contributed by atoms with Crippen LogP contribution in [0.25, 0.3) is 0 Å². The van der Waals surface area contributed by atoms with Crippen molar-refractivity contribution in [1.29, 1.82) is 0 Å². The predicted molar refractivity (Wildman–Crippen MR) is 45.5 cm³/mol. The van der Waals surface area contributed by atoms with Gasteiger partial charge in [-0.2, -0.15) is 4.39 Å². The summed E-state index contributed by atoms with van der Waals surface area (Å²) < 4.78 is 19.1. The van der Waals surface area contributed by atoms with Crippen LogP contribution in [0.4, 0.5) is 4.39 Å². The number of halogens is 1. The number of H-pyrrole nitrogens is 1. The summed E-state index contributed by atoms with van der Waals surface area (Å²) in [5, 5.41) is 0. The van der Waals surface area contributed by atoms with E-state index in [1.54, 1.807) is 0 Å². The van der Waals surface area contributed by atoms with Crippen LogP contribution in [-0.2, 0) is 4.74 Å². The highest BCUT2D eigenvalue weighted by Crippen LogP contribution is 2.20. The fourth-order valence-electron chi connectivity index (χ4n) is 1.45. The molecule has 1 unspecified atom stereocenters. The molecule has 1 saturated heterocycles. The van der Waals surface area contributed by atoms with Crippen molar-refractivity contribution in [3.05, 3.63) is 32.9 Å². The zero-order chi connectivity index (χ0) is 10.1. The van der Waals surface area contributed by atoms with E-state index in [4.69, 9.17) is 4.74 Å². The minimum Gasteiger partial charge on any atom is -0.358 e. The Morgan fingerprint density at radius 2 is 2.36 bits per heavy atom. The van der Waals surface area contributed by atoms with E-state index in [9.17, 15) is 14.0 Å². The molecular weight excluding hydrogens is 194 g/mol. The predicted octanol–water partition coefficient (Wildman–Crippen LogP) is -0.0153. The monoisotopic (exact) mass is 203 g/mol. The number of aromatic amines is 1. The largest absolute Gasteiger partial charge is 0.358 e. The van der Waals surface area contributed by atoms with Gasteiger partial charge in [-0.1, -0.05) is 0 Å². The maximum Gasteiger partial charge on any atom is 0.330 e. The van der Waals surface area contributed by atoms with Gasteiger partial charge in [0.2, 0.25) is 5.82 Å². The summed E-state index contributed by atoms with van der Waals surface area (Å²) in [7, 11) is 0. The molecule has 0 amide bonds. The average molecular weight is 203 g/mol. The SMILES string of the molecule is O=c1[15nH][13c](=O)[15n](C2CCCO2)cc1F. The molecule has 0 bridgehead atoms. The first kappa shape index (κ1) is 9.14. The molecule has 1 aromatic heterocycles. The fourth-order valence-corrected chi connectivity index (χ4v) is 1.45. The van der Waals surface area contributed by atoms with Crippen molar-refractivity contribution in [2.75, 3.05) is 6.61 Å². The van der Waals surface area contributed by atoms with Gasteiger partial charge in [0.25, 0.3) is 5.56 Å². The van der Waals surface area contributed by atoms with E-state index in [2.05, 4.69) is 0 Å². The molecule has 5 nitrogen and oxygen atoms in total. The number of aromatic nitrogens is 2. The van der Waals surface area contributed by atoms with Crippen LogP contribution in [0, 0.1) is 5.82 Å². The van der Waals surface area contributed by atoms with Gasteiger partial charge < -0.3 is 4.74 Å². The molecule has 2 rings (SSSR count). The van der Waals surface area contributed by atoms with E-state index in [0.29, 0.717) is 13.0 Å². The molecule has 14 heavy (non-hydrogen) atoms. The Balaban J connectivity index is 2.47. The highest BCUT2D eigenvalue weighted by atomic mass is 19.1. The Morgan fingerprint density at radius 1 is 1.57 bits per heavy atom. The average Bonchev–Trinajstić information content (AvgIpc) is 2.64. The molecule has 0 aromatic carbocycles. The maximum absolute atomic E-state index is 12.9. The molecule has 2 heterocycles. The summed E-state index contributed by atoms with van der Waals surface area (Å²) in [4.78, 5) is 23.8. The topological polar surface area (TPSA) is 64.1 Å². The number of ether oxygens (including phenoxy) is 1. The highest BCUT2D eigenvalue weighted by molar-refractivity contribution is 4.88. The minimum absolute atomic E-state index is 0.450. The van der Waals surface area contributed by atoms with Gasteiger partial charge in [0.1, 0.15) is 6.23 Å². The normalized spacial score (nSPS) is 21.4. The van der Waals surface area contributed by atoms with Crippen LogP contribution in [0.1, 0.15) is 19.1 Å². The van der Waals surface area contributed by atoms with Crippen LogP contribution < -0.4 is 11.2 Å². The first-order valence-electron chi connectivity index (χ1n) is 4.31. The molecule has 0 aliphatic carbocycles. The summed E-state index contributed by atoms with van der Waals surface area (Å²) >= 11 is 0. The number of hydrogen-bond acceptors (Lipinski definition) is 3. The van der Waals surface area contributed by atoms with Crippen molar-refractivity contribution in [3.63, 3.8) is 0 Å². The quantitative estimate of drug-likeness (QED) is 0.697. The molecule has 0 saturated carbocycles. The first-order valence-corrected chi connectivity index (χ1v) is 4.31. The molecule has 1 aliphatic heterocycles. The van der Waals surface area contributed by atoms with Crippen LogP contribution in [0.3, 0.4) is 0 Å². The number of rotatable bonds is 1. The van der Waals surface area contributed by atoms with Crippen LogP contribution in [0.5, 0.6) is 0 Å². The van der Waals surface area contributed by atoms with Gasteiger partial charge in [-0.05, 0) is 12.8 Å². The van der Waals surface area contributed by atoms with Gasteiger partial charge in [0.05, 0.1) is 6.20 Å². The second-order valence-corrected chi connectivity index (χ2v) is 3.11. The number of nitrogens with zero attached hydrogens (tertiary/aromatic N) is 1. The highest BCUT2D eigenvalue weighted by Gasteiger charge is 2.19. The van der Waals surface area contributed by atoms with E-state index in [1.165, 1.54) is 0 Å². The third-order valence-electron chi connectivity index (χ3n) is 2.14. The first-order chi connectivity index (χ1) is 6.68. The van der Waals surface area contributed by atoms with Crippen LogP contribution in [0.15, 0.2) is 15.8 Å². The van der Waals surface area contributed by atoms with E-state index in [0.717, 1.165) is 17.2 Å². The van der Waals surface area contributed by atoms with Crippen molar-refractivity contribution >= 4 is 0 Å². The van der Waals surface area contributed by atoms with Gasteiger partial charge in [-0.3, -0.25) is 14.3 Å². The van der Waals surface area contributed by atoms with Gasteiger partial charge in [-0.25, -0.2) is 4.79 Å². The van der Waals surface area contributed by atoms with Gasteiger partial charge >= 0.3 is 5.69 Å². The Labute approximate surface area is 78.1 Å². The summed E-state index contributed by atoms with van der Waals surface area (Å²) in [5.41, 5.74) is -1.63. The minimum atomic E-state index is -0.996. The summed E-state index contributed by atoms with van der Waals surface area (Å²) in [6, 6.07) is 0. The summed E-state index contributed by atoms with van der Waals surface area (Å²) in [6.45, 7) is 0.553. The van der Waals surface area contributed by atoms with Crippen LogP contribution in [-0.4, -0.2) is 16.2 Å². The van der Waals surface area contributed by atoms with Gasteiger partial charge in [0.15, 0.2) is 0 Å². The summed E-state index contributed by atoms with van der Waals surface area (Å²) in [5.74, 6) is -0.972. The Bertz CT molecular complexity index is 445. The van der Waals surface area contributed by atoms with E-state index in [-0.39, 0.29) is 0 Å². The molecule has 1 aliphatic rings. The molecular formula is C8H9FN2O3. The Morgan fingerprint density at radius 3 is 3.00 bits per heavy atom. The van der Waals surface area contributed by atoms with Crippen molar-refractivity contribution in [1.82, 2.24) is 9.55 Å². The second-order valence-electron chi connectivity index (χ2n) is 3.11. The number of nitrogens with one attached hydrogen (secondary N) is 1. The van der Waals surface area contributed by atoms with Gasteiger partial charge in [-0.15, -0.1) is 0 Å². The second kappa shape index (κ2) is 3.38. The van der Waals surface area contributed by atoms with Crippen LogP contribution >= 0.6 is 0 Å². The molecule has 1 fully saturated rings. The lowest BCUT2D eigenvalue weighted by Gasteiger charge is -2.11. The van der Waals surface area contributed by atoms with E-state index in [1.807, 2.05) is 4.98 Å². The molecule has 1 N–H and O–H groups in total. The lowest BCUT2D eigenvalue weighted by atomic mass is 10.3. The smallest absolute Gasteiger partial charge is 0.330 e. The fraction of sp³-hybridized carbons (Fsp3) is 0.500. The standard InChI is InChI=1S/C8H9FN2O3/c9-5-4-11(6-2-1-3-14-6)8(13)10-7(5)12/h4,6H,1-3H2,(H,10,12,13)/i8+1,10+1,11+1. The van der Waals surface area contributed by atoms with Crippen molar-refractivity contribution in [2.24, 2.45) is 0 Å². The molecule has 0 spiro atoms. The van der Waals surface area contributed by atoms with Crippen molar-refractivity contribution in [2.45, 2.75) is 19.1 Å². The lowest BCUT2D eigenvalue weighted by molar-refractivity contribution is 0.0517. The van der Waals surface area contributed by atoms with E-state index < -0.39 is 23.3 Å². The third kappa shape index (κ3) is 1.48. The maximum atomic E-state index is 12.9. The zero-order valence-corrected chi connectivity index (χ0v) is 7.33. The third-order valence-corrected chi connectivity index (χ3v) is 2.14. The Kier molecular flexibility index (Phi) is 2.20. The summed E-state index contributed by atoms with van der Waals surface area (Å²) in [6.07, 6.45) is 1.93. The van der Waals surface area contributed by atoms with Gasteiger partial charge in [0, 0.05) is 6.61 Å². The lowest BCUT2D eigenvalue weighted by Crippen LogP contribution is -2.33. The van der Waals surface area contributed by atoms with Crippen molar-refractivity contribution in [3.8, 4) is 0 Å². The molecule has 0 radical (unpaired) electrons. The molecule has 6 heteroatoms. The van der Waals surface area contributed by atoms with E-state index >= 15 is 0 Å². The van der Waals surface area contributed by atoms with Crippen LogP contribution in [0.2, 0.25) is 0 Å². The molecule has 1 aromatic rings. The zero-order valence-electron chi connectivity index (χ0n) is 7.33.